The Morgan fingerprint density at radius 2 is 1.81 bits per heavy atom. The SMILES string of the molecule is COC(=O)c1cc(S(=O)(=O)NC(C)COc2ccccc2C)ccc1C. The van der Waals surface area contributed by atoms with E-state index in [0.717, 1.165) is 5.56 Å². The molecule has 0 heterocycles. The van der Waals surface area contributed by atoms with Gasteiger partial charge in [0.25, 0.3) is 0 Å². The first kappa shape index (κ1) is 19.9. The number of nitrogens with one attached hydrogen (secondary N) is 1. The third-order valence-corrected chi connectivity index (χ3v) is 5.45. The van der Waals surface area contributed by atoms with Crippen LogP contribution in [0.4, 0.5) is 0 Å². The fraction of sp³-hybridized carbons (Fsp3) is 0.316. The molecule has 1 unspecified atom stereocenters. The Morgan fingerprint density at radius 3 is 2.46 bits per heavy atom. The lowest BCUT2D eigenvalue weighted by molar-refractivity contribution is 0.0599. The molecule has 1 atom stereocenters. The highest BCUT2D eigenvalue weighted by molar-refractivity contribution is 7.89. The molecule has 26 heavy (non-hydrogen) atoms. The van der Waals surface area contributed by atoms with Gasteiger partial charge in [0.15, 0.2) is 0 Å². The van der Waals surface area contributed by atoms with Crippen molar-refractivity contribution in [2.45, 2.75) is 31.7 Å². The highest BCUT2D eigenvalue weighted by atomic mass is 32.2. The Labute approximate surface area is 154 Å². The number of hydrogen-bond donors (Lipinski definition) is 1. The standard InChI is InChI=1S/C19H23NO5S/c1-13-9-10-16(11-17(13)19(21)24-4)26(22,23)20-15(3)12-25-18-8-6-5-7-14(18)2/h5-11,15,20H,12H2,1-4H3. The summed E-state index contributed by atoms with van der Waals surface area (Å²) in [4.78, 5) is 11.8. The molecule has 2 rings (SSSR count). The number of rotatable bonds is 7. The molecule has 0 saturated carbocycles. The van der Waals surface area contributed by atoms with Crippen molar-refractivity contribution in [3.8, 4) is 5.75 Å². The minimum Gasteiger partial charge on any atom is -0.492 e. The molecule has 140 valence electrons. The third kappa shape index (κ3) is 4.83. The lowest BCUT2D eigenvalue weighted by Gasteiger charge is -2.17. The molecule has 0 aliphatic carbocycles. The summed E-state index contributed by atoms with van der Waals surface area (Å²) >= 11 is 0. The zero-order valence-electron chi connectivity index (χ0n) is 15.3. The second-order valence-electron chi connectivity index (χ2n) is 6.07. The topological polar surface area (TPSA) is 81.7 Å². The van der Waals surface area contributed by atoms with E-state index in [4.69, 9.17) is 9.47 Å². The zero-order valence-corrected chi connectivity index (χ0v) is 16.1. The fourth-order valence-corrected chi connectivity index (χ4v) is 3.65. The molecule has 0 saturated heterocycles. The van der Waals surface area contributed by atoms with Crippen LogP contribution in [0.3, 0.4) is 0 Å². The van der Waals surface area contributed by atoms with Crippen molar-refractivity contribution in [3.05, 3.63) is 59.2 Å². The van der Waals surface area contributed by atoms with Crippen molar-refractivity contribution >= 4 is 16.0 Å². The van der Waals surface area contributed by atoms with Gasteiger partial charge in [0.05, 0.1) is 23.6 Å². The predicted octanol–water partition coefficient (Wildman–Crippen LogP) is 2.84. The number of ether oxygens (including phenoxy) is 2. The van der Waals surface area contributed by atoms with Crippen LogP contribution < -0.4 is 9.46 Å². The van der Waals surface area contributed by atoms with Crippen LogP contribution >= 0.6 is 0 Å². The molecule has 0 bridgehead atoms. The normalized spacial score (nSPS) is 12.5. The monoisotopic (exact) mass is 377 g/mol. The number of carbonyl (C=O) groups is 1. The summed E-state index contributed by atoms with van der Waals surface area (Å²) < 4.78 is 38.1. The molecule has 0 spiro atoms. The van der Waals surface area contributed by atoms with E-state index in [-0.39, 0.29) is 17.1 Å². The number of methoxy groups -OCH3 is 1. The quantitative estimate of drug-likeness (QED) is 0.751. The maximum atomic E-state index is 12.6. The van der Waals surface area contributed by atoms with E-state index in [1.54, 1.807) is 19.9 Å². The van der Waals surface area contributed by atoms with E-state index in [0.29, 0.717) is 11.3 Å². The highest BCUT2D eigenvalue weighted by Gasteiger charge is 2.21. The largest absolute Gasteiger partial charge is 0.492 e. The molecule has 2 aromatic carbocycles. The van der Waals surface area contributed by atoms with E-state index in [1.807, 2.05) is 31.2 Å². The Bertz CT molecular complexity index is 893. The second kappa shape index (κ2) is 8.33. The van der Waals surface area contributed by atoms with Crippen molar-refractivity contribution in [2.24, 2.45) is 0 Å². The summed E-state index contributed by atoms with van der Waals surface area (Å²) in [5.41, 5.74) is 1.84. The van der Waals surface area contributed by atoms with Crippen molar-refractivity contribution in [1.29, 1.82) is 0 Å². The van der Waals surface area contributed by atoms with Gasteiger partial charge in [-0.3, -0.25) is 0 Å². The number of aryl methyl sites for hydroxylation is 2. The average molecular weight is 377 g/mol. The molecule has 7 heteroatoms. The van der Waals surface area contributed by atoms with Gasteiger partial charge < -0.3 is 9.47 Å². The molecule has 0 aromatic heterocycles. The number of carbonyl (C=O) groups excluding carboxylic acids is 1. The molecule has 0 aliphatic rings. The van der Waals surface area contributed by atoms with Gasteiger partial charge in [-0.05, 0) is 50.1 Å². The highest BCUT2D eigenvalue weighted by Crippen LogP contribution is 2.18. The Kier molecular flexibility index (Phi) is 6.39. The van der Waals surface area contributed by atoms with Crippen LogP contribution in [-0.2, 0) is 14.8 Å². The van der Waals surface area contributed by atoms with Crippen LogP contribution in [0.15, 0.2) is 47.4 Å². The maximum absolute atomic E-state index is 12.6. The summed E-state index contributed by atoms with van der Waals surface area (Å²) in [6.07, 6.45) is 0. The third-order valence-electron chi connectivity index (χ3n) is 3.86. The number of esters is 1. The van der Waals surface area contributed by atoms with Crippen molar-refractivity contribution in [1.82, 2.24) is 4.72 Å². The second-order valence-corrected chi connectivity index (χ2v) is 7.78. The number of hydrogen-bond acceptors (Lipinski definition) is 5. The Morgan fingerprint density at radius 1 is 1.12 bits per heavy atom. The number of sulfonamides is 1. The summed E-state index contributed by atoms with van der Waals surface area (Å²) in [6, 6.07) is 11.4. The predicted molar refractivity (Wildman–Crippen MR) is 99.0 cm³/mol. The Balaban J connectivity index is 2.10. The number of benzene rings is 2. The van der Waals surface area contributed by atoms with E-state index in [1.165, 1.54) is 19.2 Å². The van der Waals surface area contributed by atoms with E-state index < -0.39 is 22.0 Å². The summed E-state index contributed by atoms with van der Waals surface area (Å²) in [5, 5.41) is 0. The first-order valence-corrected chi connectivity index (χ1v) is 9.62. The van der Waals surface area contributed by atoms with Crippen LogP contribution in [0.2, 0.25) is 0 Å². The van der Waals surface area contributed by atoms with Gasteiger partial charge in [0.2, 0.25) is 10.0 Å². The van der Waals surface area contributed by atoms with Gasteiger partial charge >= 0.3 is 5.97 Å². The van der Waals surface area contributed by atoms with Gasteiger partial charge in [0.1, 0.15) is 12.4 Å². The minimum atomic E-state index is -3.79. The zero-order chi connectivity index (χ0) is 19.3. The molecule has 0 aliphatic heterocycles. The number of para-hydroxylation sites is 1. The smallest absolute Gasteiger partial charge is 0.338 e. The van der Waals surface area contributed by atoms with Gasteiger partial charge in [-0.2, -0.15) is 0 Å². The molecule has 0 fully saturated rings. The van der Waals surface area contributed by atoms with Gasteiger partial charge in [-0.25, -0.2) is 17.9 Å². The summed E-state index contributed by atoms with van der Waals surface area (Å²) in [7, 11) is -2.54. The van der Waals surface area contributed by atoms with E-state index in [2.05, 4.69) is 4.72 Å². The molecule has 0 radical (unpaired) electrons. The van der Waals surface area contributed by atoms with Crippen LogP contribution in [0.25, 0.3) is 0 Å². The maximum Gasteiger partial charge on any atom is 0.338 e. The van der Waals surface area contributed by atoms with Crippen LogP contribution in [-0.4, -0.2) is 34.1 Å². The molecule has 1 N–H and O–H groups in total. The van der Waals surface area contributed by atoms with Crippen LogP contribution in [0, 0.1) is 13.8 Å². The van der Waals surface area contributed by atoms with E-state index >= 15 is 0 Å². The van der Waals surface area contributed by atoms with Crippen molar-refractivity contribution < 1.29 is 22.7 Å². The van der Waals surface area contributed by atoms with Crippen molar-refractivity contribution in [2.75, 3.05) is 13.7 Å². The van der Waals surface area contributed by atoms with Crippen molar-refractivity contribution in [3.63, 3.8) is 0 Å². The minimum absolute atomic E-state index is 0.00578. The van der Waals surface area contributed by atoms with Crippen LogP contribution in [0.1, 0.15) is 28.4 Å². The lowest BCUT2D eigenvalue weighted by Crippen LogP contribution is -2.36. The molecule has 2 aromatic rings. The average Bonchev–Trinajstić information content (AvgIpc) is 2.60. The lowest BCUT2D eigenvalue weighted by atomic mass is 10.1. The first-order valence-electron chi connectivity index (χ1n) is 8.14. The van der Waals surface area contributed by atoms with Gasteiger partial charge in [-0.1, -0.05) is 24.3 Å². The summed E-state index contributed by atoms with van der Waals surface area (Å²) in [5.74, 6) is 0.136. The Hall–Kier alpha value is -2.38. The van der Waals surface area contributed by atoms with Gasteiger partial charge in [-0.15, -0.1) is 0 Å². The fourth-order valence-electron chi connectivity index (χ4n) is 2.40. The summed E-state index contributed by atoms with van der Waals surface area (Å²) in [6.45, 7) is 5.53. The van der Waals surface area contributed by atoms with Gasteiger partial charge in [0, 0.05) is 0 Å². The van der Waals surface area contributed by atoms with Crippen LogP contribution in [0.5, 0.6) is 5.75 Å². The molecular formula is C19H23NO5S. The first-order chi connectivity index (χ1) is 12.2. The molecular weight excluding hydrogens is 354 g/mol. The molecule has 0 amide bonds. The van der Waals surface area contributed by atoms with E-state index in [9.17, 15) is 13.2 Å². The molecule has 6 nitrogen and oxygen atoms in total.